The van der Waals surface area contributed by atoms with Gasteiger partial charge in [-0.2, -0.15) is 0 Å². The summed E-state index contributed by atoms with van der Waals surface area (Å²) in [5, 5.41) is 19.8. The van der Waals surface area contributed by atoms with Gasteiger partial charge in [0.2, 0.25) is 0 Å². The van der Waals surface area contributed by atoms with Crippen LogP contribution in [-0.2, 0) is 4.74 Å². The van der Waals surface area contributed by atoms with Gasteiger partial charge in [0.05, 0.1) is 12.2 Å². The molecule has 2 atom stereocenters. The number of hydrogen-bond donors (Lipinski definition) is 3. The molecule has 2 unspecified atom stereocenters. The molecule has 1 rings (SSSR count). The molecule has 1 fully saturated rings. The van der Waals surface area contributed by atoms with Crippen molar-refractivity contribution >= 4 is 0 Å². The molecule has 0 aliphatic heterocycles. The van der Waals surface area contributed by atoms with E-state index in [0.29, 0.717) is 13.0 Å². The second-order valence-corrected chi connectivity index (χ2v) is 5.57. The van der Waals surface area contributed by atoms with Crippen molar-refractivity contribution in [2.75, 3.05) is 13.2 Å². The minimum absolute atomic E-state index is 0.177. The van der Waals surface area contributed by atoms with E-state index < -0.39 is 11.2 Å². The lowest BCUT2D eigenvalue weighted by atomic mass is 9.81. The van der Waals surface area contributed by atoms with Crippen LogP contribution in [0.4, 0.5) is 0 Å². The van der Waals surface area contributed by atoms with Crippen LogP contribution in [0.15, 0.2) is 0 Å². The highest BCUT2D eigenvalue weighted by atomic mass is 16.5. The lowest BCUT2D eigenvalue weighted by Crippen LogP contribution is -2.53. The second kappa shape index (κ2) is 5.45. The van der Waals surface area contributed by atoms with E-state index in [4.69, 9.17) is 10.5 Å². The molecule has 0 amide bonds. The third kappa shape index (κ3) is 4.37. The molecule has 1 aliphatic rings. The fourth-order valence-electron chi connectivity index (χ4n) is 2.00. The van der Waals surface area contributed by atoms with Crippen LogP contribution in [0.3, 0.4) is 0 Å². The molecule has 0 radical (unpaired) electrons. The molecule has 4 N–H and O–H groups in total. The first-order chi connectivity index (χ1) is 7.33. The third-order valence-corrected chi connectivity index (χ3v) is 3.28. The third-order valence-electron chi connectivity index (χ3n) is 3.28. The summed E-state index contributed by atoms with van der Waals surface area (Å²) in [6, 6.07) is -0.177. The molecule has 1 aliphatic carbocycles. The molecule has 1 saturated carbocycles. The molecule has 0 spiro atoms. The van der Waals surface area contributed by atoms with Crippen molar-refractivity contribution in [1.29, 1.82) is 0 Å². The molecule has 96 valence electrons. The SMILES string of the molecule is CC(C)(O)CCOCC1(O)CCCCC1N. The first-order valence-corrected chi connectivity index (χ1v) is 6.12. The van der Waals surface area contributed by atoms with Gasteiger partial charge in [0, 0.05) is 12.6 Å². The summed E-state index contributed by atoms with van der Waals surface area (Å²) in [6.07, 6.45) is 4.26. The van der Waals surface area contributed by atoms with E-state index in [0.717, 1.165) is 25.7 Å². The average Bonchev–Trinajstić information content (AvgIpc) is 2.17. The Morgan fingerprint density at radius 2 is 2.12 bits per heavy atom. The number of hydrogen-bond acceptors (Lipinski definition) is 4. The summed E-state index contributed by atoms with van der Waals surface area (Å²) in [7, 11) is 0. The number of rotatable bonds is 5. The van der Waals surface area contributed by atoms with Crippen LogP contribution in [0, 0.1) is 0 Å². The highest BCUT2D eigenvalue weighted by molar-refractivity contribution is 4.92. The van der Waals surface area contributed by atoms with E-state index in [-0.39, 0.29) is 12.6 Å². The first-order valence-electron chi connectivity index (χ1n) is 6.12. The van der Waals surface area contributed by atoms with Crippen LogP contribution < -0.4 is 5.73 Å². The van der Waals surface area contributed by atoms with Gasteiger partial charge >= 0.3 is 0 Å². The van der Waals surface area contributed by atoms with Gasteiger partial charge in [0.15, 0.2) is 0 Å². The Kier molecular flexibility index (Phi) is 4.73. The van der Waals surface area contributed by atoms with E-state index in [1.54, 1.807) is 13.8 Å². The van der Waals surface area contributed by atoms with Crippen molar-refractivity contribution in [2.45, 2.75) is 63.2 Å². The van der Waals surface area contributed by atoms with Crippen LogP contribution in [0.1, 0.15) is 46.0 Å². The molecule has 0 aromatic rings. The summed E-state index contributed by atoms with van der Waals surface area (Å²) in [6.45, 7) is 4.23. The summed E-state index contributed by atoms with van der Waals surface area (Å²) in [5.41, 5.74) is 4.33. The molecule has 0 saturated heterocycles. The Hall–Kier alpha value is -0.160. The quantitative estimate of drug-likeness (QED) is 0.612. The first kappa shape index (κ1) is 13.9. The van der Waals surface area contributed by atoms with Crippen molar-refractivity contribution in [1.82, 2.24) is 0 Å². The zero-order valence-electron chi connectivity index (χ0n) is 10.4. The zero-order valence-corrected chi connectivity index (χ0v) is 10.4. The van der Waals surface area contributed by atoms with Crippen LogP contribution >= 0.6 is 0 Å². The predicted molar refractivity (Wildman–Crippen MR) is 63.1 cm³/mol. The van der Waals surface area contributed by atoms with Crippen molar-refractivity contribution in [2.24, 2.45) is 5.73 Å². The summed E-state index contributed by atoms with van der Waals surface area (Å²) in [5.74, 6) is 0. The second-order valence-electron chi connectivity index (χ2n) is 5.57. The van der Waals surface area contributed by atoms with E-state index in [1.165, 1.54) is 0 Å². The maximum Gasteiger partial charge on any atom is 0.103 e. The van der Waals surface area contributed by atoms with E-state index >= 15 is 0 Å². The van der Waals surface area contributed by atoms with E-state index in [9.17, 15) is 10.2 Å². The van der Waals surface area contributed by atoms with Gasteiger partial charge in [0.25, 0.3) is 0 Å². The molecular formula is C12H25NO3. The summed E-state index contributed by atoms with van der Waals surface area (Å²) < 4.78 is 5.43. The molecule has 0 aromatic heterocycles. The van der Waals surface area contributed by atoms with Crippen LogP contribution in [-0.4, -0.2) is 40.7 Å². The standard InChI is InChI=1S/C12H25NO3/c1-11(2,14)7-8-16-9-12(15)6-4-3-5-10(12)13/h10,14-15H,3-9,13H2,1-2H3. The Balaban J connectivity index is 2.25. The van der Waals surface area contributed by atoms with E-state index in [2.05, 4.69) is 0 Å². The molecule has 4 heteroatoms. The van der Waals surface area contributed by atoms with Crippen molar-refractivity contribution < 1.29 is 14.9 Å². The largest absolute Gasteiger partial charge is 0.390 e. The lowest BCUT2D eigenvalue weighted by Gasteiger charge is -2.37. The van der Waals surface area contributed by atoms with Crippen LogP contribution in [0.5, 0.6) is 0 Å². The van der Waals surface area contributed by atoms with Crippen LogP contribution in [0.2, 0.25) is 0 Å². The maximum absolute atomic E-state index is 10.3. The van der Waals surface area contributed by atoms with Gasteiger partial charge in [-0.1, -0.05) is 12.8 Å². The minimum Gasteiger partial charge on any atom is -0.390 e. The topological polar surface area (TPSA) is 75.7 Å². The van der Waals surface area contributed by atoms with Gasteiger partial charge in [-0.3, -0.25) is 0 Å². The normalized spacial score (nSPS) is 31.7. The molecule has 16 heavy (non-hydrogen) atoms. The zero-order chi connectivity index (χ0) is 12.2. The Labute approximate surface area is 97.8 Å². The van der Waals surface area contributed by atoms with Gasteiger partial charge in [-0.15, -0.1) is 0 Å². The van der Waals surface area contributed by atoms with Crippen LogP contribution in [0.25, 0.3) is 0 Å². The van der Waals surface area contributed by atoms with Crippen molar-refractivity contribution in [3.05, 3.63) is 0 Å². The lowest BCUT2D eigenvalue weighted by molar-refractivity contribution is -0.0873. The number of aliphatic hydroxyl groups is 2. The van der Waals surface area contributed by atoms with Crippen molar-refractivity contribution in [3.8, 4) is 0 Å². The highest BCUT2D eigenvalue weighted by Crippen LogP contribution is 2.27. The van der Waals surface area contributed by atoms with Gasteiger partial charge in [-0.25, -0.2) is 0 Å². The summed E-state index contributed by atoms with van der Waals surface area (Å²) >= 11 is 0. The molecule has 4 nitrogen and oxygen atoms in total. The predicted octanol–water partition coefficient (Wildman–Crippen LogP) is 0.796. The fourth-order valence-corrected chi connectivity index (χ4v) is 2.00. The average molecular weight is 231 g/mol. The smallest absolute Gasteiger partial charge is 0.103 e. The van der Waals surface area contributed by atoms with Crippen molar-refractivity contribution in [3.63, 3.8) is 0 Å². The highest BCUT2D eigenvalue weighted by Gasteiger charge is 2.36. The Morgan fingerprint density at radius 3 is 2.69 bits per heavy atom. The number of nitrogens with two attached hydrogens (primary N) is 1. The maximum atomic E-state index is 10.3. The summed E-state index contributed by atoms with van der Waals surface area (Å²) in [4.78, 5) is 0. The van der Waals surface area contributed by atoms with Gasteiger partial charge < -0.3 is 20.7 Å². The molecule has 0 aromatic carbocycles. The minimum atomic E-state index is -0.863. The van der Waals surface area contributed by atoms with Gasteiger partial charge in [-0.05, 0) is 33.1 Å². The fraction of sp³-hybridized carbons (Fsp3) is 1.00. The monoisotopic (exact) mass is 231 g/mol. The van der Waals surface area contributed by atoms with E-state index in [1.807, 2.05) is 0 Å². The molecule has 0 bridgehead atoms. The molecule has 0 heterocycles. The number of ether oxygens (including phenoxy) is 1. The molecular weight excluding hydrogens is 206 g/mol. The van der Waals surface area contributed by atoms with Gasteiger partial charge in [0.1, 0.15) is 5.60 Å². The Bertz CT molecular complexity index is 215. The Morgan fingerprint density at radius 1 is 1.44 bits per heavy atom.